The summed E-state index contributed by atoms with van der Waals surface area (Å²) in [6.45, 7) is 2.09. The number of pyridine rings is 1. The maximum absolute atomic E-state index is 4.96. The molecule has 1 aliphatic carbocycles. The molecular formula is C19H23N5. The van der Waals surface area contributed by atoms with Crippen molar-refractivity contribution >= 4 is 5.52 Å². The zero-order chi connectivity index (χ0) is 15.9. The summed E-state index contributed by atoms with van der Waals surface area (Å²) in [6.07, 6.45) is 11.4. The number of hydrogen-bond donors (Lipinski definition) is 1. The maximum atomic E-state index is 4.96. The van der Waals surface area contributed by atoms with Crippen molar-refractivity contribution in [2.45, 2.75) is 51.1 Å². The Hall–Kier alpha value is -2.14. The molecule has 0 aromatic carbocycles. The molecule has 0 radical (unpaired) electrons. The zero-order valence-electron chi connectivity index (χ0n) is 13.9. The molecule has 5 nitrogen and oxygen atoms in total. The second kappa shape index (κ2) is 5.74. The fourth-order valence-corrected chi connectivity index (χ4v) is 4.29. The molecule has 1 atom stereocenters. The third-order valence-corrected chi connectivity index (χ3v) is 5.53. The Balaban J connectivity index is 1.42. The molecule has 0 amide bonds. The number of nitrogens with zero attached hydrogens (tertiary/aromatic N) is 4. The Kier molecular flexibility index (Phi) is 3.40. The van der Waals surface area contributed by atoms with E-state index in [1.807, 2.05) is 23.0 Å². The lowest BCUT2D eigenvalue weighted by molar-refractivity contribution is 0.241. The number of fused-ring (bicyclic) bond motifs is 2. The van der Waals surface area contributed by atoms with E-state index >= 15 is 0 Å². The summed E-state index contributed by atoms with van der Waals surface area (Å²) >= 11 is 0. The first-order chi connectivity index (χ1) is 11.9. The number of H-pyrrole nitrogens is 1. The summed E-state index contributed by atoms with van der Waals surface area (Å²) in [4.78, 5) is 11.2. The van der Waals surface area contributed by atoms with Crippen molar-refractivity contribution in [2.75, 3.05) is 6.54 Å². The molecule has 3 aromatic rings. The van der Waals surface area contributed by atoms with Gasteiger partial charge in [-0.15, -0.1) is 0 Å². The highest BCUT2D eigenvalue weighted by Crippen LogP contribution is 2.33. The number of likely N-dealkylation sites (tertiary alicyclic amines) is 1. The Morgan fingerprint density at radius 2 is 2.12 bits per heavy atom. The third kappa shape index (κ3) is 2.35. The first-order valence-electron chi connectivity index (χ1n) is 9.11. The largest absolute Gasteiger partial charge is 0.344 e. The summed E-state index contributed by atoms with van der Waals surface area (Å²) in [6, 6.07) is 6.69. The van der Waals surface area contributed by atoms with Crippen LogP contribution in [0.1, 0.15) is 54.5 Å². The van der Waals surface area contributed by atoms with Gasteiger partial charge < -0.3 is 4.98 Å². The van der Waals surface area contributed by atoms with E-state index in [0.29, 0.717) is 6.04 Å². The van der Waals surface area contributed by atoms with Gasteiger partial charge in [0.2, 0.25) is 0 Å². The summed E-state index contributed by atoms with van der Waals surface area (Å²) in [7, 11) is 0. The van der Waals surface area contributed by atoms with Crippen LogP contribution in [0.15, 0.2) is 30.6 Å². The molecule has 0 unspecified atom stereocenters. The van der Waals surface area contributed by atoms with Crippen molar-refractivity contribution in [2.24, 2.45) is 0 Å². The number of aromatic amines is 1. The predicted molar refractivity (Wildman–Crippen MR) is 92.8 cm³/mol. The highest BCUT2D eigenvalue weighted by molar-refractivity contribution is 5.53. The van der Waals surface area contributed by atoms with Gasteiger partial charge in [0.15, 0.2) is 0 Å². The van der Waals surface area contributed by atoms with Crippen LogP contribution in [0.4, 0.5) is 0 Å². The minimum Gasteiger partial charge on any atom is -0.344 e. The van der Waals surface area contributed by atoms with E-state index in [4.69, 9.17) is 4.98 Å². The van der Waals surface area contributed by atoms with E-state index in [2.05, 4.69) is 27.1 Å². The van der Waals surface area contributed by atoms with Crippen LogP contribution in [-0.4, -0.2) is 31.0 Å². The molecular weight excluding hydrogens is 298 g/mol. The van der Waals surface area contributed by atoms with Crippen molar-refractivity contribution in [1.82, 2.24) is 24.5 Å². The lowest BCUT2D eigenvalue weighted by Crippen LogP contribution is -2.23. The number of hydrogen-bond acceptors (Lipinski definition) is 3. The van der Waals surface area contributed by atoms with Gasteiger partial charge in [-0.3, -0.25) is 4.90 Å². The van der Waals surface area contributed by atoms with E-state index in [-0.39, 0.29) is 0 Å². The third-order valence-electron chi connectivity index (χ3n) is 5.53. The summed E-state index contributed by atoms with van der Waals surface area (Å²) < 4.78 is 1.96. The van der Waals surface area contributed by atoms with Gasteiger partial charge in [-0.2, -0.15) is 5.10 Å². The molecule has 1 fully saturated rings. The van der Waals surface area contributed by atoms with Gasteiger partial charge in [0.25, 0.3) is 0 Å². The van der Waals surface area contributed by atoms with Gasteiger partial charge >= 0.3 is 0 Å². The predicted octanol–water partition coefficient (Wildman–Crippen LogP) is 3.27. The molecule has 5 heteroatoms. The minimum absolute atomic E-state index is 0.425. The van der Waals surface area contributed by atoms with Gasteiger partial charge in [-0.25, -0.2) is 9.50 Å². The number of aryl methyl sites for hydroxylation is 2. The van der Waals surface area contributed by atoms with Gasteiger partial charge in [0.05, 0.1) is 23.4 Å². The first-order valence-corrected chi connectivity index (χ1v) is 9.11. The fraction of sp³-hybridized carbons (Fsp3) is 0.474. The Labute approximate surface area is 141 Å². The Morgan fingerprint density at radius 3 is 3.08 bits per heavy atom. The lowest BCUT2D eigenvalue weighted by atomic mass is 10.0. The monoisotopic (exact) mass is 321 g/mol. The quantitative estimate of drug-likeness (QED) is 0.805. The van der Waals surface area contributed by atoms with Gasteiger partial charge in [0.1, 0.15) is 5.82 Å². The van der Waals surface area contributed by atoms with E-state index in [9.17, 15) is 0 Å². The Morgan fingerprint density at radius 1 is 1.17 bits per heavy atom. The van der Waals surface area contributed by atoms with Crippen LogP contribution in [0, 0.1) is 0 Å². The average molecular weight is 321 g/mol. The fourth-order valence-electron chi connectivity index (χ4n) is 4.29. The Bertz CT molecular complexity index is 838. The van der Waals surface area contributed by atoms with Crippen molar-refractivity contribution < 1.29 is 0 Å². The van der Waals surface area contributed by atoms with Gasteiger partial charge in [-0.1, -0.05) is 6.07 Å². The zero-order valence-corrected chi connectivity index (χ0v) is 13.9. The SMILES string of the molecule is c1ccn2ncc(CN3CCC[C@H]3c3nc4c([nH]3)CCCC4)c2c1. The molecule has 124 valence electrons. The minimum atomic E-state index is 0.425. The molecule has 0 saturated carbocycles. The van der Waals surface area contributed by atoms with Crippen LogP contribution < -0.4 is 0 Å². The van der Waals surface area contributed by atoms with Crippen molar-refractivity contribution in [1.29, 1.82) is 0 Å². The highest BCUT2D eigenvalue weighted by atomic mass is 15.2. The number of imidazole rings is 1. The lowest BCUT2D eigenvalue weighted by Gasteiger charge is -2.22. The van der Waals surface area contributed by atoms with E-state index in [1.54, 1.807) is 0 Å². The number of rotatable bonds is 3. The van der Waals surface area contributed by atoms with Gasteiger partial charge in [-0.05, 0) is 57.2 Å². The van der Waals surface area contributed by atoms with Crippen LogP contribution >= 0.6 is 0 Å². The number of aromatic nitrogens is 4. The summed E-state index contributed by atoms with van der Waals surface area (Å²) in [5, 5.41) is 4.48. The maximum Gasteiger partial charge on any atom is 0.124 e. The molecule has 2 aliphatic rings. The van der Waals surface area contributed by atoms with Crippen LogP contribution in [0.3, 0.4) is 0 Å². The van der Waals surface area contributed by atoms with E-state index in [1.165, 1.54) is 60.4 Å². The van der Waals surface area contributed by atoms with Gasteiger partial charge in [0, 0.05) is 24.0 Å². The van der Waals surface area contributed by atoms with Crippen LogP contribution in [0.25, 0.3) is 5.52 Å². The molecule has 1 aliphatic heterocycles. The highest BCUT2D eigenvalue weighted by Gasteiger charge is 2.30. The molecule has 1 saturated heterocycles. The van der Waals surface area contributed by atoms with E-state index in [0.717, 1.165) is 19.5 Å². The molecule has 0 spiro atoms. The first kappa shape index (κ1) is 14.2. The average Bonchev–Trinajstić information content (AvgIpc) is 3.33. The van der Waals surface area contributed by atoms with Crippen LogP contribution in [-0.2, 0) is 19.4 Å². The molecule has 4 heterocycles. The molecule has 3 aromatic heterocycles. The van der Waals surface area contributed by atoms with Crippen molar-refractivity contribution in [3.05, 3.63) is 53.4 Å². The van der Waals surface area contributed by atoms with Crippen LogP contribution in [0.5, 0.6) is 0 Å². The molecule has 1 N–H and O–H groups in total. The second-order valence-corrected chi connectivity index (χ2v) is 7.08. The van der Waals surface area contributed by atoms with Crippen molar-refractivity contribution in [3.8, 4) is 0 Å². The molecule has 24 heavy (non-hydrogen) atoms. The molecule has 5 rings (SSSR count). The number of nitrogens with one attached hydrogen (secondary N) is 1. The van der Waals surface area contributed by atoms with E-state index < -0.39 is 0 Å². The topological polar surface area (TPSA) is 49.2 Å². The summed E-state index contributed by atoms with van der Waals surface area (Å²) in [5.41, 5.74) is 5.22. The van der Waals surface area contributed by atoms with Crippen LogP contribution in [0.2, 0.25) is 0 Å². The summed E-state index contributed by atoms with van der Waals surface area (Å²) in [5.74, 6) is 1.19. The normalized spacial score (nSPS) is 21.4. The van der Waals surface area contributed by atoms with Crippen molar-refractivity contribution in [3.63, 3.8) is 0 Å². The smallest absolute Gasteiger partial charge is 0.124 e. The second-order valence-electron chi connectivity index (χ2n) is 7.08. The standard InChI is InChI=1S/C19H23N5/c1-2-7-16-15(6-1)21-19(22-16)18-9-5-10-23(18)13-14-12-20-24-11-4-3-8-17(14)24/h3-4,8,11-12,18H,1-2,5-7,9-10,13H2,(H,21,22)/t18-/m0/s1. The molecule has 0 bridgehead atoms.